The number of hydrogen-bond acceptors (Lipinski definition) is 1. The summed E-state index contributed by atoms with van der Waals surface area (Å²) in [6.07, 6.45) is 2.35. The minimum Gasteiger partial charge on any atom is -0.380 e. The van der Waals surface area contributed by atoms with Crippen LogP contribution in [0.25, 0.3) is 87.8 Å². The van der Waals surface area contributed by atoms with Crippen LogP contribution in [-0.4, -0.2) is 6.54 Å². The second-order valence-corrected chi connectivity index (χ2v) is 13.4. The Morgan fingerprint density at radius 1 is 0.458 bits per heavy atom. The lowest BCUT2D eigenvalue weighted by Gasteiger charge is -2.23. The maximum Gasteiger partial charge on any atom is 0.0416 e. The number of benzene rings is 9. The molecule has 0 atom stereocenters. The highest BCUT2D eigenvalue weighted by atomic mass is 14.9. The summed E-state index contributed by atoms with van der Waals surface area (Å²) in [5.74, 6) is 0. The monoisotopic (exact) mass is 611 g/mol. The molecule has 1 N–H and O–H groups in total. The van der Waals surface area contributed by atoms with Gasteiger partial charge in [0, 0.05) is 12.2 Å². The van der Waals surface area contributed by atoms with Crippen LogP contribution in [0.15, 0.2) is 140 Å². The molecule has 0 fully saturated rings. The quantitative estimate of drug-likeness (QED) is 0.155. The van der Waals surface area contributed by atoms with E-state index in [0.29, 0.717) is 0 Å². The molecule has 1 aliphatic rings. The second kappa shape index (κ2) is 10.3. The van der Waals surface area contributed by atoms with Crippen LogP contribution in [0.2, 0.25) is 0 Å². The van der Waals surface area contributed by atoms with Gasteiger partial charge in [-0.1, -0.05) is 121 Å². The number of aryl methyl sites for hydroxylation is 2. The third kappa shape index (κ3) is 3.98. The van der Waals surface area contributed by atoms with Gasteiger partial charge in [-0.3, -0.25) is 0 Å². The number of fused-ring (bicyclic) bond motifs is 3. The maximum atomic E-state index is 3.63. The Bertz CT molecular complexity index is 2680. The summed E-state index contributed by atoms with van der Waals surface area (Å²) in [6, 6.07) is 52.0. The summed E-state index contributed by atoms with van der Waals surface area (Å²) in [6.45, 7) is 5.37. The summed E-state index contributed by atoms with van der Waals surface area (Å²) in [5.41, 5.74) is 12.9. The van der Waals surface area contributed by atoms with Crippen molar-refractivity contribution in [1.29, 1.82) is 0 Å². The van der Waals surface area contributed by atoms with Crippen molar-refractivity contribution in [1.82, 2.24) is 0 Å². The van der Waals surface area contributed by atoms with Gasteiger partial charge < -0.3 is 5.32 Å². The van der Waals surface area contributed by atoms with Crippen molar-refractivity contribution in [2.45, 2.75) is 13.8 Å². The Kier molecular flexibility index (Phi) is 5.83. The highest BCUT2D eigenvalue weighted by Crippen LogP contribution is 2.47. The number of hydrogen-bond donors (Lipinski definition) is 1. The topological polar surface area (TPSA) is 12.0 Å². The van der Waals surface area contributed by atoms with E-state index in [0.717, 1.165) is 6.54 Å². The van der Waals surface area contributed by atoms with Gasteiger partial charge in [0.05, 0.1) is 0 Å². The van der Waals surface area contributed by atoms with Gasteiger partial charge in [-0.15, -0.1) is 0 Å². The molecule has 0 saturated carbocycles. The first-order valence-electron chi connectivity index (χ1n) is 16.9. The Balaban J connectivity index is 1.21. The fourth-order valence-electron chi connectivity index (χ4n) is 8.45. The fraction of sp³-hybridized carbons (Fsp3) is 0.0638. The highest BCUT2D eigenvalue weighted by molar-refractivity contribution is 6.26. The Labute approximate surface area is 280 Å². The molecule has 226 valence electrons. The molecule has 1 heterocycles. The molecule has 0 aromatic heterocycles. The van der Waals surface area contributed by atoms with Crippen molar-refractivity contribution in [3.8, 4) is 22.3 Å². The first kappa shape index (κ1) is 27.2. The molecule has 0 unspecified atom stereocenters. The highest BCUT2D eigenvalue weighted by Gasteiger charge is 2.21. The van der Waals surface area contributed by atoms with E-state index in [1.165, 1.54) is 110 Å². The average Bonchev–Trinajstić information content (AvgIpc) is 3.13. The van der Waals surface area contributed by atoms with Gasteiger partial charge in [-0.05, 0) is 142 Å². The molecule has 1 nitrogen and oxygen atoms in total. The molecular weight excluding hydrogens is 579 g/mol. The summed E-state index contributed by atoms with van der Waals surface area (Å²) in [7, 11) is 0. The maximum absolute atomic E-state index is 3.63. The molecule has 0 spiro atoms. The smallest absolute Gasteiger partial charge is 0.0416 e. The van der Waals surface area contributed by atoms with E-state index in [9.17, 15) is 0 Å². The zero-order valence-electron chi connectivity index (χ0n) is 27.1. The van der Waals surface area contributed by atoms with Crippen LogP contribution in [-0.2, 0) is 0 Å². The average molecular weight is 612 g/mol. The van der Waals surface area contributed by atoms with Crippen LogP contribution in [0.3, 0.4) is 0 Å². The third-order valence-electron chi connectivity index (χ3n) is 10.6. The molecule has 9 aromatic rings. The molecule has 0 bridgehead atoms. The van der Waals surface area contributed by atoms with Gasteiger partial charge >= 0.3 is 0 Å². The van der Waals surface area contributed by atoms with Gasteiger partial charge in [-0.25, -0.2) is 0 Å². The molecule has 0 aliphatic carbocycles. The Morgan fingerprint density at radius 2 is 0.979 bits per heavy atom. The molecular formula is C47H33N. The van der Waals surface area contributed by atoms with E-state index < -0.39 is 0 Å². The lowest BCUT2D eigenvalue weighted by atomic mass is 9.82. The number of nitrogens with one attached hydrogen (secondary N) is 1. The van der Waals surface area contributed by atoms with Crippen LogP contribution >= 0.6 is 0 Å². The molecule has 1 heteroatoms. The van der Waals surface area contributed by atoms with Gasteiger partial charge in [-0.2, -0.15) is 0 Å². The standard InChI is InChI=1S/C47H33N/c1-28-23-42(29(2)22-41(28)36-24-32-10-3-8-17-43(32)48-27-36)47-39-15-6-4-13-37(39)46(38-14-5-7-16-40(38)47)35-25-33-20-18-30-11-9-12-31-19-21-34(26-35)45(33)44(30)31/h3-26,48H,27H2,1-2H3. The second-order valence-electron chi connectivity index (χ2n) is 13.4. The van der Waals surface area contributed by atoms with Crippen LogP contribution in [0, 0.1) is 13.8 Å². The summed E-state index contributed by atoms with van der Waals surface area (Å²) in [4.78, 5) is 0. The summed E-state index contributed by atoms with van der Waals surface area (Å²) in [5, 5.41) is 16.7. The molecule has 10 rings (SSSR count). The first-order chi connectivity index (χ1) is 23.6. The molecule has 48 heavy (non-hydrogen) atoms. The molecule has 0 radical (unpaired) electrons. The van der Waals surface area contributed by atoms with Crippen molar-refractivity contribution in [3.05, 3.63) is 162 Å². The van der Waals surface area contributed by atoms with Crippen LogP contribution in [0.5, 0.6) is 0 Å². The predicted octanol–water partition coefficient (Wildman–Crippen LogP) is 12.8. The van der Waals surface area contributed by atoms with Crippen molar-refractivity contribution >= 4 is 71.2 Å². The fourth-order valence-corrected chi connectivity index (χ4v) is 8.45. The number of para-hydroxylation sites is 1. The summed E-state index contributed by atoms with van der Waals surface area (Å²) >= 11 is 0. The first-order valence-corrected chi connectivity index (χ1v) is 16.9. The van der Waals surface area contributed by atoms with Crippen LogP contribution in [0.4, 0.5) is 5.69 Å². The van der Waals surface area contributed by atoms with E-state index in [1.807, 2.05) is 0 Å². The number of rotatable bonds is 3. The predicted molar refractivity (Wildman–Crippen MR) is 208 cm³/mol. The van der Waals surface area contributed by atoms with Gasteiger partial charge in [0.15, 0.2) is 0 Å². The largest absolute Gasteiger partial charge is 0.380 e. The normalized spacial score (nSPS) is 13.0. The third-order valence-corrected chi connectivity index (χ3v) is 10.6. The Hall–Kier alpha value is -5.92. The SMILES string of the molecule is Cc1cc(-c2c3ccccc3c(-c3cc4ccc5cccc6ccc(c3)c4c56)c3ccccc23)c(C)cc1C1=Cc2ccccc2NC1. The zero-order valence-corrected chi connectivity index (χ0v) is 27.1. The van der Waals surface area contributed by atoms with E-state index >= 15 is 0 Å². The molecule has 9 aromatic carbocycles. The van der Waals surface area contributed by atoms with Gasteiger partial charge in [0.25, 0.3) is 0 Å². The minimum atomic E-state index is 0.831. The molecule has 0 amide bonds. The lowest BCUT2D eigenvalue weighted by molar-refractivity contribution is 1.28. The van der Waals surface area contributed by atoms with E-state index in [1.54, 1.807) is 0 Å². The minimum absolute atomic E-state index is 0.831. The van der Waals surface area contributed by atoms with Crippen molar-refractivity contribution < 1.29 is 0 Å². The van der Waals surface area contributed by atoms with Crippen molar-refractivity contribution in [3.63, 3.8) is 0 Å². The van der Waals surface area contributed by atoms with E-state index in [2.05, 4.69) is 165 Å². The van der Waals surface area contributed by atoms with E-state index in [-0.39, 0.29) is 0 Å². The Morgan fingerprint density at radius 3 is 1.65 bits per heavy atom. The van der Waals surface area contributed by atoms with Gasteiger partial charge in [0.2, 0.25) is 0 Å². The van der Waals surface area contributed by atoms with Gasteiger partial charge in [0.1, 0.15) is 0 Å². The molecule has 0 saturated heterocycles. The zero-order chi connectivity index (χ0) is 31.9. The van der Waals surface area contributed by atoms with Crippen LogP contribution < -0.4 is 5.32 Å². The van der Waals surface area contributed by atoms with Crippen molar-refractivity contribution in [2.75, 3.05) is 11.9 Å². The van der Waals surface area contributed by atoms with E-state index in [4.69, 9.17) is 0 Å². The van der Waals surface area contributed by atoms with Crippen LogP contribution in [0.1, 0.15) is 22.3 Å². The molecule has 1 aliphatic heterocycles. The number of anilines is 1. The lowest BCUT2D eigenvalue weighted by Crippen LogP contribution is -2.10. The summed E-state index contributed by atoms with van der Waals surface area (Å²) < 4.78 is 0. The van der Waals surface area contributed by atoms with Crippen molar-refractivity contribution in [2.24, 2.45) is 0 Å².